The van der Waals surface area contributed by atoms with Crippen LogP contribution in [0.4, 0.5) is 0 Å². The van der Waals surface area contributed by atoms with Gasteiger partial charge in [-0.1, -0.05) is 13.3 Å². The summed E-state index contributed by atoms with van der Waals surface area (Å²) in [5, 5.41) is 3.59. The predicted molar refractivity (Wildman–Crippen MR) is 53.4 cm³/mol. The Kier molecular flexibility index (Phi) is 4.02. The van der Waals surface area contributed by atoms with Crippen molar-refractivity contribution < 1.29 is 0 Å². The quantitative estimate of drug-likeness (QED) is 0.690. The average Bonchev–Trinajstić information content (AvgIpc) is 2.17. The fourth-order valence-electron chi connectivity index (χ4n) is 1.89. The zero-order valence-electron chi connectivity index (χ0n) is 8.64. The van der Waals surface area contributed by atoms with Crippen LogP contribution in [0.25, 0.3) is 0 Å². The maximum atomic E-state index is 3.59. The molecule has 2 heteroatoms. The van der Waals surface area contributed by atoms with Gasteiger partial charge < -0.3 is 10.2 Å². The Morgan fingerprint density at radius 2 is 2.25 bits per heavy atom. The molecule has 1 rings (SSSR count). The van der Waals surface area contributed by atoms with Crippen LogP contribution in [-0.4, -0.2) is 37.1 Å². The monoisotopic (exact) mass is 170 g/mol. The van der Waals surface area contributed by atoms with Gasteiger partial charge in [-0.25, -0.2) is 0 Å². The summed E-state index contributed by atoms with van der Waals surface area (Å²) < 4.78 is 0. The fourth-order valence-corrected chi connectivity index (χ4v) is 1.89. The maximum Gasteiger partial charge on any atom is 0.0220 e. The Bertz CT molecular complexity index is 119. The zero-order valence-corrected chi connectivity index (χ0v) is 8.64. The smallest absolute Gasteiger partial charge is 0.0220 e. The molecule has 0 aromatic rings. The lowest BCUT2D eigenvalue weighted by Crippen LogP contribution is -2.48. The van der Waals surface area contributed by atoms with Gasteiger partial charge in [0, 0.05) is 12.1 Å². The van der Waals surface area contributed by atoms with Gasteiger partial charge >= 0.3 is 0 Å². The Balaban J connectivity index is 2.33. The van der Waals surface area contributed by atoms with E-state index < -0.39 is 0 Å². The standard InChI is InChI=1S/C10H22N2/c1-4-12(3)9(2)10-7-5-6-8-11-10/h9-11H,4-8H2,1-3H3. The summed E-state index contributed by atoms with van der Waals surface area (Å²) in [6, 6.07) is 1.42. The van der Waals surface area contributed by atoms with Crippen molar-refractivity contribution >= 4 is 0 Å². The lowest BCUT2D eigenvalue weighted by atomic mass is 9.98. The molecule has 1 saturated heterocycles. The van der Waals surface area contributed by atoms with Crippen molar-refractivity contribution in [2.24, 2.45) is 0 Å². The van der Waals surface area contributed by atoms with Crippen LogP contribution in [0.1, 0.15) is 33.1 Å². The van der Waals surface area contributed by atoms with E-state index in [1.54, 1.807) is 0 Å². The molecule has 0 amide bonds. The second-order valence-corrected chi connectivity index (χ2v) is 3.87. The molecule has 0 radical (unpaired) electrons. The van der Waals surface area contributed by atoms with Gasteiger partial charge in [0.15, 0.2) is 0 Å². The van der Waals surface area contributed by atoms with Crippen molar-refractivity contribution in [2.45, 2.75) is 45.2 Å². The lowest BCUT2D eigenvalue weighted by Gasteiger charge is -2.34. The third kappa shape index (κ3) is 2.46. The van der Waals surface area contributed by atoms with Gasteiger partial charge in [-0.15, -0.1) is 0 Å². The lowest BCUT2D eigenvalue weighted by molar-refractivity contribution is 0.194. The highest BCUT2D eigenvalue weighted by molar-refractivity contribution is 4.82. The number of hydrogen-bond donors (Lipinski definition) is 1. The molecule has 1 aliphatic rings. The molecule has 1 aliphatic heterocycles. The van der Waals surface area contributed by atoms with Crippen LogP contribution in [0.3, 0.4) is 0 Å². The summed E-state index contributed by atoms with van der Waals surface area (Å²) in [5.74, 6) is 0. The molecule has 12 heavy (non-hydrogen) atoms. The van der Waals surface area contributed by atoms with Crippen LogP contribution in [0, 0.1) is 0 Å². The van der Waals surface area contributed by atoms with Gasteiger partial charge in [-0.2, -0.15) is 0 Å². The highest BCUT2D eigenvalue weighted by atomic mass is 15.2. The third-order valence-corrected chi connectivity index (χ3v) is 3.12. The van der Waals surface area contributed by atoms with Gasteiger partial charge in [0.25, 0.3) is 0 Å². The molecule has 72 valence electrons. The molecule has 2 nitrogen and oxygen atoms in total. The maximum absolute atomic E-state index is 3.59. The molecule has 0 bridgehead atoms. The van der Waals surface area contributed by atoms with E-state index in [9.17, 15) is 0 Å². The highest BCUT2D eigenvalue weighted by Crippen LogP contribution is 2.13. The summed E-state index contributed by atoms with van der Waals surface area (Å²) in [7, 11) is 2.21. The second kappa shape index (κ2) is 4.83. The summed E-state index contributed by atoms with van der Waals surface area (Å²) in [6.45, 7) is 6.91. The van der Waals surface area contributed by atoms with E-state index >= 15 is 0 Å². The number of piperidine rings is 1. The van der Waals surface area contributed by atoms with Crippen molar-refractivity contribution in [2.75, 3.05) is 20.1 Å². The Hall–Kier alpha value is -0.0800. The SMILES string of the molecule is CCN(C)C(C)C1CCCCN1. The number of likely N-dealkylation sites (N-methyl/N-ethyl adjacent to an activating group) is 1. The number of nitrogens with zero attached hydrogens (tertiary/aromatic N) is 1. The summed E-state index contributed by atoms with van der Waals surface area (Å²) in [4.78, 5) is 2.42. The van der Waals surface area contributed by atoms with Crippen molar-refractivity contribution in [3.8, 4) is 0 Å². The number of hydrogen-bond acceptors (Lipinski definition) is 2. The molecule has 1 N–H and O–H groups in total. The van der Waals surface area contributed by atoms with E-state index in [1.165, 1.54) is 25.8 Å². The normalized spacial score (nSPS) is 27.5. The van der Waals surface area contributed by atoms with E-state index in [-0.39, 0.29) is 0 Å². The van der Waals surface area contributed by atoms with E-state index in [0.717, 1.165) is 12.6 Å². The molecule has 2 unspecified atom stereocenters. The van der Waals surface area contributed by atoms with Crippen molar-refractivity contribution in [1.29, 1.82) is 0 Å². The molecule has 0 saturated carbocycles. The first-order valence-corrected chi connectivity index (χ1v) is 5.19. The van der Waals surface area contributed by atoms with Gasteiger partial charge in [0.2, 0.25) is 0 Å². The Morgan fingerprint density at radius 1 is 1.50 bits per heavy atom. The Morgan fingerprint density at radius 3 is 2.75 bits per heavy atom. The van der Waals surface area contributed by atoms with Crippen molar-refractivity contribution in [1.82, 2.24) is 10.2 Å². The van der Waals surface area contributed by atoms with E-state index in [4.69, 9.17) is 0 Å². The molecular weight excluding hydrogens is 148 g/mol. The molecular formula is C10H22N2. The first kappa shape index (κ1) is 10.0. The van der Waals surface area contributed by atoms with Crippen LogP contribution in [-0.2, 0) is 0 Å². The molecule has 0 aromatic heterocycles. The average molecular weight is 170 g/mol. The highest BCUT2D eigenvalue weighted by Gasteiger charge is 2.21. The molecule has 1 fully saturated rings. The third-order valence-electron chi connectivity index (χ3n) is 3.12. The topological polar surface area (TPSA) is 15.3 Å². The minimum atomic E-state index is 0.690. The summed E-state index contributed by atoms with van der Waals surface area (Å²) in [5.41, 5.74) is 0. The van der Waals surface area contributed by atoms with E-state index in [1.807, 2.05) is 0 Å². The van der Waals surface area contributed by atoms with Crippen LogP contribution < -0.4 is 5.32 Å². The Labute approximate surface area is 76.3 Å². The molecule has 1 heterocycles. The fraction of sp³-hybridized carbons (Fsp3) is 1.00. The van der Waals surface area contributed by atoms with E-state index in [2.05, 4.69) is 31.1 Å². The van der Waals surface area contributed by atoms with Gasteiger partial charge in [0.1, 0.15) is 0 Å². The second-order valence-electron chi connectivity index (χ2n) is 3.87. The summed E-state index contributed by atoms with van der Waals surface area (Å²) >= 11 is 0. The number of nitrogens with one attached hydrogen (secondary N) is 1. The first-order chi connectivity index (χ1) is 5.75. The molecule has 0 spiro atoms. The minimum absolute atomic E-state index is 0.690. The molecule has 0 aliphatic carbocycles. The molecule has 2 atom stereocenters. The van der Waals surface area contributed by atoms with Gasteiger partial charge in [-0.3, -0.25) is 0 Å². The zero-order chi connectivity index (χ0) is 8.97. The van der Waals surface area contributed by atoms with Gasteiger partial charge in [-0.05, 0) is 39.9 Å². The largest absolute Gasteiger partial charge is 0.312 e. The van der Waals surface area contributed by atoms with Crippen LogP contribution in [0.15, 0.2) is 0 Å². The predicted octanol–water partition coefficient (Wildman–Crippen LogP) is 1.47. The van der Waals surface area contributed by atoms with Crippen LogP contribution >= 0.6 is 0 Å². The van der Waals surface area contributed by atoms with E-state index in [0.29, 0.717) is 6.04 Å². The summed E-state index contributed by atoms with van der Waals surface area (Å²) in [6.07, 6.45) is 4.12. The van der Waals surface area contributed by atoms with Gasteiger partial charge in [0.05, 0.1) is 0 Å². The van der Waals surface area contributed by atoms with Crippen LogP contribution in [0.5, 0.6) is 0 Å². The first-order valence-electron chi connectivity index (χ1n) is 5.19. The van der Waals surface area contributed by atoms with Crippen molar-refractivity contribution in [3.63, 3.8) is 0 Å². The van der Waals surface area contributed by atoms with Crippen LogP contribution in [0.2, 0.25) is 0 Å². The minimum Gasteiger partial charge on any atom is -0.312 e. The van der Waals surface area contributed by atoms with Crippen molar-refractivity contribution in [3.05, 3.63) is 0 Å². The number of rotatable bonds is 3. The molecule has 0 aromatic carbocycles.